The van der Waals surface area contributed by atoms with Gasteiger partial charge in [-0.3, -0.25) is 4.55 Å². The van der Waals surface area contributed by atoms with Crippen LogP contribution in [0.2, 0.25) is 0 Å². The molecule has 0 saturated heterocycles. The Morgan fingerprint density at radius 1 is 1.08 bits per heavy atom. The van der Waals surface area contributed by atoms with Crippen LogP contribution in [0.5, 0.6) is 0 Å². The molecule has 0 spiro atoms. The first-order chi connectivity index (χ1) is 11.9. The van der Waals surface area contributed by atoms with Crippen LogP contribution in [0.3, 0.4) is 0 Å². The van der Waals surface area contributed by atoms with Crippen LogP contribution in [-0.4, -0.2) is 23.7 Å². The summed E-state index contributed by atoms with van der Waals surface area (Å²) in [7, 11) is -3.91. The van der Waals surface area contributed by atoms with E-state index >= 15 is 0 Å². The van der Waals surface area contributed by atoms with Crippen molar-refractivity contribution in [3.05, 3.63) is 60.6 Å². The normalized spacial score (nSPS) is 11.6. The first-order valence-corrected chi connectivity index (χ1v) is 9.51. The lowest BCUT2D eigenvalue weighted by atomic mass is 10.1. The van der Waals surface area contributed by atoms with Crippen LogP contribution in [0.25, 0.3) is 22.8 Å². The Morgan fingerprint density at radius 3 is 2.40 bits per heavy atom. The summed E-state index contributed by atoms with van der Waals surface area (Å²) < 4.78 is 38.0. The second-order valence-corrected chi connectivity index (χ2v) is 7.34. The van der Waals surface area contributed by atoms with Crippen molar-refractivity contribution in [2.24, 2.45) is 0 Å². The molecule has 7 heteroatoms. The van der Waals surface area contributed by atoms with Gasteiger partial charge in [-0.2, -0.15) is 8.42 Å². The van der Waals surface area contributed by atoms with Crippen LogP contribution in [0.4, 0.5) is 0 Å². The summed E-state index contributed by atoms with van der Waals surface area (Å²) in [4.78, 5) is 4.49. The summed E-state index contributed by atoms with van der Waals surface area (Å²) in [6, 6.07) is 13.6. The van der Waals surface area contributed by atoms with E-state index in [2.05, 4.69) is 4.98 Å². The topological polar surface area (TPSA) is 84.3 Å². The van der Waals surface area contributed by atoms with Gasteiger partial charge in [0.2, 0.25) is 5.89 Å². The molecule has 0 aliphatic carbocycles. The molecule has 1 aromatic carbocycles. The Kier molecular flexibility index (Phi) is 4.96. The molecule has 6 nitrogen and oxygen atoms in total. The predicted molar refractivity (Wildman–Crippen MR) is 93.3 cm³/mol. The highest BCUT2D eigenvalue weighted by atomic mass is 32.2. The second kappa shape index (κ2) is 7.16. The molecular weight excluding hydrogens is 340 g/mol. The number of aryl methyl sites for hydroxylation is 2. The van der Waals surface area contributed by atoms with Crippen LogP contribution in [0.15, 0.2) is 59.3 Å². The third-order valence-corrected chi connectivity index (χ3v) is 4.59. The highest BCUT2D eigenvalue weighted by Crippen LogP contribution is 2.28. The molecule has 130 valence electrons. The molecule has 0 amide bonds. The maximum Gasteiger partial charge on any atom is 0.265 e. The van der Waals surface area contributed by atoms with E-state index in [0.717, 1.165) is 22.6 Å². The average Bonchev–Trinajstić information content (AvgIpc) is 2.97. The largest absolute Gasteiger partial charge is 0.436 e. The molecule has 2 heterocycles. The van der Waals surface area contributed by atoms with E-state index in [1.54, 1.807) is 0 Å². The van der Waals surface area contributed by atoms with E-state index in [9.17, 15) is 8.42 Å². The zero-order chi connectivity index (χ0) is 17.9. The van der Waals surface area contributed by atoms with Crippen molar-refractivity contribution in [3.8, 4) is 22.8 Å². The number of hydrogen-bond acceptors (Lipinski definition) is 4. The highest BCUT2D eigenvalue weighted by Gasteiger charge is 2.14. The number of hydrogen-bond donors (Lipinski definition) is 1. The number of rotatable bonds is 6. The Hall–Kier alpha value is -2.51. The number of aromatic nitrogens is 2. The van der Waals surface area contributed by atoms with Gasteiger partial charge in [0.15, 0.2) is 18.2 Å². The van der Waals surface area contributed by atoms with Crippen LogP contribution >= 0.6 is 0 Å². The van der Waals surface area contributed by atoms with Gasteiger partial charge in [0.25, 0.3) is 10.1 Å². The first-order valence-electron chi connectivity index (χ1n) is 7.90. The van der Waals surface area contributed by atoms with Gasteiger partial charge in [0.1, 0.15) is 6.54 Å². The predicted octanol–water partition coefficient (Wildman–Crippen LogP) is 2.88. The smallest absolute Gasteiger partial charge is 0.265 e. The van der Waals surface area contributed by atoms with Crippen LogP contribution in [0, 0.1) is 6.92 Å². The third-order valence-electron chi connectivity index (χ3n) is 3.79. The van der Waals surface area contributed by atoms with Crippen molar-refractivity contribution < 1.29 is 22.0 Å². The van der Waals surface area contributed by atoms with Crippen molar-refractivity contribution in [1.29, 1.82) is 0 Å². The monoisotopic (exact) mass is 359 g/mol. The molecule has 0 fully saturated rings. The van der Waals surface area contributed by atoms with Crippen molar-refractivity contribution in [2.75, 3.05) is 5.75 Å². The molecule has 1 N–H and O–H groups in total. The zero-order valence-corrected chi connectivity index (χ0v) is 14.6. The zero-order valence-electron chi connectivity index (χ0n) is 13.8. The fraction of sp³-hybridized carbons (Fsp3) is 0.222. The maximum absolute atomic E-state index is 10.7. The number of nitrogens with zero attached hydrogens (tertiary/aromatic N) is 2. The number of benzene rings is 1. The van der Waals surface area contributed by atoms with Gasteiger partial charge < -0.3 is 4.42 Å². The third kappa shape index (κ3) is 4.52. The highest BCUT2D eigenvalue weighted by molar-refractivity contribution is 7.85. The Balaban J connectivity index is 1.75. The number of pyridine rings is 1. The van der Waals surface area contributed by atoms with Gasteiger partial charge in [-0.05, 0) is 6.92 Å². The van der Waals surface area contributed by atoms with E-state index in [1.807, 2.05) is 66.3 Å². The molecule has 3 rings (SSSR count). The minimum Gasteiger partial charge on any atom is -0.436 e. The van der Waals surface area contributed by atoms with Crippen molar-refractivity contribution in [3.63, 3.8) is 0 Å². The molecule has 0 aliphatic heterocycles. The molecule has 2 aromatic heterocycles. The van der Waals surface area contributed by atoms with E-state index in [-0.39, 0.29) is 5.75 Å². The minimum absolute atomic E-state index is 0.249. The number of oxazole rings is 1. The molecule has 0 atom stereocenters. The van der Waals surface area contributed by atoms with E-state index in [1.165, 1.54) is 0 Å². The molecular formula is C18H19N2O4S+. The van der Waals surface area contributed by atoms with Crippen molar-refractivity contribution >= 4 is 10.1 Å². The van der Waals surface area contributed by atoms with Gasteiger partial charge in [-0.25, -0.2) is 9.55 Å². The summed E-state index contributed by atoms with van der Waals surface area (Å²) in [6.07, 6.45) is 4.02. The van der Waals surface area contributed by atoms with Gasteiger partial charge in [0, 0.05) is 29.7 Å². The van der Waals surface area contributed by atoms with Gasteiger partial charge in [0.05, 0.1) is 11.4 Å². The lowest BCUT2D eigenvalue weighted by Crippen LogP contribution is -2.33. The summed E-state index contributed by atoms with van der Waals surface area (Å²) in [5.41, 5.74) is 2.65. The molecule has 0 saturated carbocycles. The Bertz CT molecular complexity index is 949. The fourth-order valence-electron chi connectivity index (χ4n) is 2.56. The SMILES string of the molecule is Cc1nc(-c2cc[n+](CCCS(=O)(=O)O)cc2)oc1-c1ccccc1. The summed E-state index contributed by atoms with van der Waals surface area (Å²) in [5, 5.41) is 0. The van der Waals surface area contributed by atoms with E-state index in [0.29, 0.717) is 18.9 Å². The summed E-state index contributed by atoms with van der Waals surface area (Å²) in [6.45, 7) is 2.41. The van der Waals surface area contributed by atoms with Crippen LogP contribution < -0.4 is 4.57 Å². The molecule has 0 bridgehead atoms. The van der Waals surface area contributed by atoms with Crippen LogP contribution in [-0.2, 0) is 16.7 Å². The summed E-state index contributed by atoms with van der Waals surface area (Å²) >= 11 is 0. The second-order valence-electron chi connectivity index (χ2n) is 5.76. The van der Waals surface area contributed by atoms with Crippen molar-refractivity contribution in [2.45, 2.75) is 19.9 Å². The summed E-state index contributed by atoms with van der Waals surface area (Å²) in [5.74, 6) is 1.04. The Morgan fingerprint density at radius 2 is 1.76 bits per heavy atom. The lowest BCUT2D eigenvalue weighted by Gasteiger charge is -1.98. The standard InChI is InChI=1S/C18H18N2O4S/c1-14-17(15-6-3-2-4-7-15)24-18(19-14)16-8-11-20(12-9-16)10-5-13-25(21,22)23/h2-4,6-9,11-12H,5,10,13H2,1H3/p+1. The van der Waals surface area contributed by atoms with E-state index in [4.69, 9.17) is 8.97 Å². The van der Waals surface area contributed by atoms with Gasteiger partial charge in [-0.1, -0.05) is 30.3 Å². The molecule has 0 radical (unpaired) electrons. The molecule has 0 aliphatic rings. The van der Waals surface area contributed by atoms with Crippen molar-refractivity contribution in [1.82, 2.24) is 4.98 Å². The first kappa shape index (κ1) is 17.3. The fourth-order valence-corrected chi connectivity index (χ4v) is 3.05. The lowest BCUT2D eigenvalue weighted by molar-refractivity contribution is -0.696. The average molecular weight is 359 g/mol. The van der Waals surface area contributed by atoms with E-state index < -0.39 is 10.1 Å². The quantitative estimate of drug-likeness (QED) is 0.540. The van der Waals surface area contributed by atoms with Crippen LogP contribution in [0.1, 0.15) is 12.1 Å². The molecule has 25 heavy (non-hydrogen) atoms. The van der Waals surface area contributed by atoms with Gasteiger partial charge >= 0.3 is 0 Å². The minimum atomic E-state index is -3.91. The maximum atomic E-state index is 10.7. The molecule has 0 unspecified atom stereocenters. The molecule has 3 aromatic rings. The Labute approximate surface area is 146 Å². The van der Waals surface area contributed by atoms with Gasteiger partial charge in [-0.15, -0.1) is 0 Å².